The molecule has 70 valence electrons. The highest BCUT2D eigenvalue weighted by atomic mass is 79.9. The summed E-state index contributed by atoms with van der Waals surface area (Å²) in [6.45, 7) is 0. The summed E-state index contributed by atoms with van der Waals surface area (Å²) >= 11 is 3.26. The molecular formula is C10H10BrFO. The van der Waals surface area contributed by atoms with Gasteiger partial charge in [0.25, 0.3) is 0 Å². The molecule has 0 unspecified atom stereocenters. The third-order valence-electron chi connectivity index (χ3n) is 2.24. The second kappa shape index (κ2) is 3.66. The van der Waals surface area contributed by atoms with Crippen LogP contribution in [0.1, 0.15) is 19.3 Å². The smallest absolute Gasteiger partial charge is 0.134 e. The van der Waals surface area contributed by atoms with Crippen LogP contribution >= 0.6 is 15.9 Å². The zero-order chi connectivity index (χ0) is 9.26. The van der Waals surface area contributed by atoms with E-state index in [9.17, 15) is 4.39 Å². The molecule has 0 amide bonds. The first-order valence-electron chi connectivity index (χ1n) is 4.37. The first-order chi connectivity index (χ1) is 6.25. The van der Waals surface area contributed by atoms with Crippen LogP contribution in [-0.4, -0.2) is 6.10 Å². The molecule has 1 fully saturated rings. The Morgan fingerprint density at radius 2 is 2.15 bits per heavy atom. The lowest BCUT2D eigenvalue weighted by Crippen LogP contribution is -2.24. The minimum Gasteiger partial charge on any atom is -0.489 e. The van der Waals surface area contributed by atoms with Crippen LogP contribution in [0.5, 0.6) is 5.75 Å². The van der Waals surface area contributed by atoms with E-state index < -0.39 is 0 Å². The van der Waals surface area contributed by atoms with Crippen LogP contribution in [0, 0.1) is 5.82 Å². The second-order valence-electron chi connectivity index (χ2n) is 3.25. The molecule has 0 spiro atoms. The van der Waals surface area contributed by atoms with Gasteiger partial charge in [-0.2, -0.15) is 0 Å². The van der Waals surface area contributed by atoms with Gasteiger partial charge in [-0.25, -0.2) is 4.39 Å². The summed E-state index contributed by atoms with van der Waals surface area (Å²) in [5.41, 5.74) is 0. The Labute approximate surface area is 85.0 Å². The molecule has 0 atom stereocenters. The van der Waals surface area contributed by atoms with Gasteiger partial charge in [-0.3, -0.25) is 0 Å². The topological polar surface area (TPSA) is 9.23 Å². The lowest BCUT2D eigenvalue weighted by atomic mass is 9.96. The molecule has 1 nitrogen and oxygen atoms in total. The van der Waals surface area contributed by atoms with Crippen LogP contribution in [0.4, 0.5) is 4.39 Å². The van der Waals surface area contributed by atoms with Crippen molar-refractivity contribution in [3.8, 4) is 5.75 Å². The first-order valence-corrected chi connectivity index (χ1v) is 5.17. The van der Waals surface area contributed by atoms with Gasteiger partial charge in [0, 0.05) is 0 Å². The van der Waals surface area contributed by atoms with Gasteiger partial charge in [0.1, 0.15) is 11.6 Å². The van der Waals surface area contributed by atoms with E-state index >= 15 is 0 Å². The van der Waals surface area contributed by atoms with Gasteiger partial charge in [0.05, 0.1) is 10.6 Å². The van der Waals surface area contributed by atoms with E-state index in [0.717, 1.165) is 18.6 Å². The van der Waals surface area contributed by atoms with Crippen molar-refractivity contribution < 1.29 is 9.13 Å². The van der Waals surface area contributed by atoms with Crippen molar-refractivity contribution in [1.29, 1.82) is 0 Å². The minimum absolute atomic E-state index is 0.243. The molecular weight excluding hydrogens is 235 g/mol. The van der Waals surface area contributed by atoms with E-state index in [4.69, 9.17) is 4.74 Å². The van der Waals surface area contributed by atoms with Crippen molar-refractivity contribution in [2.75, 3.05) is 0 Å². The van der Waals surface area contributed by atoms with E-state index in [1.54, 1.807) is 6.07 Å². The number of hydrogen-bond acceptors (Lipinski definition) is 1. The highest BCUT2D eigenvalue weighted by molar-refractivity contribution is 9.10. The molecule has 1 aromatic rings. The molecule has 0 saturated heterocycles. The standard InChI is InChI=1S/C10H10BrFO/c11-9-6-7(12)4-5-10(9)13-8-2-1-3-8/h4-6,8H,1-3H2. The summed E-state index contributed by atoms with van der Waals surface area (Å²) in [6, 6.07) is 4.50. The fraction of sp³-hybridized carbons (Fsp3) is 0.400. The van der Waals surface area contributed by atoms with Crippen LogP contribution in [0.15, 0.2) is 22.7 Å². The Morgan fingerprint density at radius 3 is 2.69 bits per heavy atom. The van der Waals surface area contributed by atoms with Gasteiger partial charge in [-0.15, -0.1) is 0 Å². The Hall–Kier alpha value is -0.570. The maximum atomic E-state index is 12.7. The summed E-state index contributed by atoms with van der Waals surface area (Å²) in [7, 11) is 0. The maximum Gasteiger partial charge on any atom is 0.134 e. The Kier molecular flexibility index (Phi) is 2.54. The van der Waals surface area contributed by atoms with Gasteiger partial charge in [0.2, 0.25) is 0 Å². The molecule has 0 radical (unpaired) electrons. The zero-order valence-electron chi connectivity index (χ0n) is 7.09. The van der Waals surface area contributed by atoms with Gasteiger partial charge in [0.15, 0.2) is 0 Å². The van der Waals surface area contributed by atoms with Crippen molar-refractivity contribution >= 4 is 15.9 Å². The molecule has 1 aromatic carbocycles. The highest BCUT2D eigenvalue weighted by Gasteiger charge is 2.19. The molecule has 1 aliphatic rings. The average molecular weight is 245 g/mol. The Balaban J connectivity index is 2.10. The number of rotatable bonds is 2. The molecule has 1 aliphatic carbocycles. The van der Waals surface area contributed by atoms with Crippen LogP contribution in [0.3, 0.4) is 0 Å². The van der Waals surface area contributed by atoms with E-state index in [0.29, 0.717) is 10.6 Å². The number of ether oxygens (including phenoxy) is 1. The molecule has 0 heterocycles. The van der Waals surface area contributed by atoms with Crippen molar-refractivity contribution in [3.05, 3.63) is 28.5 Å². The van der Waals surface area contributed by atoms with Crippen LogP contribution < -0.4 is 4.74 Å². The minimum atomic E-state index is -0.243. The largest absolute Gasteiger partial charge is 0.489 e. The predicted molar refractivity (Wildman–Crippen MR) is 52.4 cm³/mol. The average Bonchev–Trinajstić information content (AvgIpc) is 1.99. The molecule has 13 heavy (non-hydrogen) atoms. The van der Waals surface area contributed by atoms with Crippen molar-refractivity contribution in [2.45, 2.75) is 25.4 Å². The van der Waals surface area contributed by atoms with Crippen LogP contribution in [0.2, 0.25) is 0 Å². The van der Waals surface area contributed by atoms with E-state index in [1.807, 2.05) is 0 Å². The molecule has 0 N–H and O–H groups in total. The summed E-state index contributed by atoms with van der Waals surface area (Å²) in [5, 5.41) is 0. The second-order valence-corrected chi connectivity index (χ2v) is 4.10. The van der Waals surface area contributed by atoms with Gasteiger partial charge >= 0.3 is 0 Å². The summed E-state index contributed by atoms with van der Waals surface area (Å²) in [6.07, 6.45) is 3.80. The predicted octanol–water partition coefficient (Wildman–Crippen LogP) is 3.52. The van der Waals surface area contributed by atoms with Gasteiger partial charge in [-0.05, 0) is 53.4 Å². The maximum absolute atomic E-state index is 12.7. The molecule has 0 bridgehead atoms. The number of hydrogen-bond donors (Lipinski definition) is 0. The van der Waals surface area contributed by atoms with Crippen LogP contribution in [0.25, 0.3) is 0 Å². The van der Waals surface area contributed by atoms with Gasteiger partial charge < -0.3 is 4.74 Å². The monoisotopic (exact) mass is 244 g/mol. The third kappa shape index (κ3) is 2.02. The fourth-order valence-electron chi connectivity index (χ4n) is 1.24. The van der Waals surface area contributed by atoms with Crippen LogP contribution in [-0.2, 0) is 0 Å². The molecule has 2 rings (SSSR count). The molecule has 0 aromatic heterocycles. The Bertz CT molecular complexity index is 310. The van der Waals surface area contributed by atoms with Crippen molar-refractivity contribution in [1.82, 2.24) is 0 Å². The SMILES string of the molecule is Fc1ccc(OC2CCC2)c(Br)c1. The van der Waals surface area contributed by atoms with Crippen molar-refractivity contribution in [2.24, 2.45) is 0 Å². The molecule has 3 heteroatoms. The number of benzene rings is 1. The molecule has 0 aliphatic heterocycles. The zero-order valence-corrected chi connectivity index (χ0v) is 8.68. The van der Waals surface area contributed by atoms with Gasteiger partial charge in [-0.1, -0.05) is 0 Å². The third-order valence-corrected chi connectivity index (χ3v) is 2.86. The first kappa shape index (κ1) is 9.00. The summed E-state index contributed by atoms with van der Waals surface area (Å²) in [4.78, 5) is 0. The highest BCUT2D eigenvalue weighted by Crippen LogP contribution is 2.30. The number of halogens is 2. The molecule has 1 saturated carbocycles. The summed E-state index contributed by atoms with van der Waals surface area (Å²) in [5.74, 6) is 0.499. The fourth-order valence-corrected chi connectivity index (χ4v) is 1.68. The lowest BCUT2D eigenvalue weighted by Gasteiger charge is -2.26. The Morgan fingerprint density at radius 1 is 1.38 bits per heavy atom. The van der Waals surface area contributed by atoms with E-state index in [2.05, 4.69) is 15.9 Å². The quantitative estimate of drug-likeness (QED) is 0.774. The van der Waals surface area contributed by atoms with E-state index in [-0.39, 0.29) is 5.82 Å². The van der Waals surface area contributed by atoms with E-state index in [1.165, 1.54) is 18.6 Å². The van der Waals surface area contributed by atoms with Crippen molar-refractivity contribution in [3.63, 3.8) is 0 Å². The lowest BCUT2D eigenvalue weighted by molar-refractivity contribution is 0.119. The normalized spacial score (nSPS) is 16.8. The summed E-state index contributed by atoms with van der Waals surface area (Å²) < 4.78 is 19.0.